The van der Waals surface area contributed by atoms with E-state index < -0.39 is 0 Å². The van der Waals surface area contributed by atoms with Crippen molar-refractivity contribution in [3.05, 3.63) is 22.4 Å². The molecule has 0 radical (unpaired) electrons. The molecule has 66 valence electrons. The van der Waals surface area contributed by atoms with Crippen LogP contribution in [0.5, 0.6) is 0 Å². The molecular weight excluding hydrogens is 166 g/mol. The topological polar surface area (TPSA) is 12.0 Å². The standard InChI is InChI=1S/C10H15NS/c1-11-10(8-3-2-4-8)9-5-6-12-7-9/h5-8,10-11H,2-4H2,1H3. The van der Waals surface area contributed by atoms with Crippen molar-refractivity contribution in [1.82, 2.24) is 5.32 Å². The monoisotopic (exact) mass is 181 g/mol. The zero-order valence-electron chi connectivity index (χ0n) is 7.42. The van der Waals surface area contributed by atoms with Crippen molar-refractivity contribution in [1.29, 1.82) is 0 Å². The van der Waals surface area contributed by atoms with Gasteiger partial charge in [-0.15, -0.1) is 0 Å². The van der Waals surface area contributed by atoms with Crippen LogP contribution in [0, 0.1) is 5.92 Å². The molecule has 0 bridgehead atoms. The van der Waals surface area contributed by atoms with Crippen LogP contribution in [0.1, 0.15) is 30.9 Å². The Balaban J connectivity index is 2.07. The highest BCUT2D eigenvalue weighted by Crippen LogP contribution is 2.37. The molecule has 1 aromatic rings. The van der Waals surface area contributed by atoms with Crippen molar-refractivity contribution in [3.63, 3.8) is 0 Å². The van der Waals surface area contributed by atoms with Crippen LogP contribution in [0.2, 0.25) is 0 Å². The van der Waals surface area contributed by atoms with Crippen molar-refractivity contribution < 1.29 is 0 Å². The van der Waals surface area contributed by atoms with Crippen LogP contribution in [0.3, 0.4) is 0 Å². The van der Waals surface area contributed by atoms with E-state index in [4.69, 9.17) is 0 Å². The first-order valence-corrected chi connectivity index (χ1v) is 5.55. The van der Waals surface area contributed by atoms with Crippen LogP contribution in [0.15, 0.2) is 16.8 Å². The summed E-state index contributed by atoms with van der Waals surface area (Å²) in [7, 11) is 2.07. The highest BCUT2D eigenvalue weighted by atomic mass is 32.1. The van der Waals surface area contributed by atoms with E-state index in [1.165, 1.54) is 24.8 Å². The Kier molecular flexibility index (Phi) is 2.47. The molecule has 1 nitrogen and oxygen atoms in total. The Morgan fingerprint density at radius 2 is 2.42 bits per heavy atom. The molecule has 1 N–H and O–H groups in total. The number of thiophene rings is 1. The normalized spacial score (nSPS) is 20.4. The SMILES string of the molecule is CNC(c1ccsc1)C1CCC1. The summed E-state index contributed by atoms with van der Waals surface area (Å²) in [5, 5.41) is 7.84. The molecule has 1 aliphatic rings. The molecule has 1 unspecified atom stereocenters. The smallest absolute Gasteiger partial charge is 0.0354 e. The summed E-state index contributed by atoms with van der Waals surface area (Å²) in [5.41, 5.74) is 1.48. The van der Waals surface area contributed by atoms with Crippen LogP contribution in [-0.4, -0.2) is 7.05 Å². The van der Waals surface area contributed by atoms with Crippen molar-refractivity contribution in [3.8, 4) is 0 Å². The molecule has 0 saturated heterocycles. The molecule has 1 aliphatic carbocycles. The van der Waals surface area contributed by atoms with Crippen LogP contribution in [0.4, 0.5) is 0 Å². The fourth-order valence-corrected chi connectivity index (χ4v) is 2.60. The first-order valence-electron chi connectivity index (χ1n) is 4.61. The van der Waals surface area contributed by atoms with Gasteiger partial charge in [-0.25, -0.2) is 0 Å². The molecule has 2 rings (SSSR count). The van der Waals surface area contributed by atoms with Gasteiger partial charge >= 0.3 is 0 Å². The summed E-state index contributed by atoms with van der Waals surface area (Å²) in [6.45, 7) is 0. The van der Waals surface area contributed by atoms with Gasteiger partial charge in [-0.05, 0) is 48.2 Å². The number of hydrogen-bond acceptors (Lipinski definition) is 2. The maximum atomic E-state index is 3.41. The van der Waals surface area contributed by atoms with E-state index in [2.05, 4.69) is 29.2 Å². The molecule has 12 heavy (non-hydrogen) atoms. The second kappa shape index (κ2) is 3.58. The Bertz CT molecular complexity index is 226. The maximum Gasteiger partial charge on any atom is 0.0354 e. The van der Waals surface area contributed by atoms with Crippen molar-refractivity contribution in [2.45, 2.75) is 25.3 Å². The summed E-state index contributed by atoms with van der Waals surface area (Å²) in [4.78, 5) is 0. The van der Waals surface area contributed by atoms with Gasteiger partial charge in [-0.2, -0.15) is 11.3 Å². The quantitative estimate of drug-likeness (QED) is 0.756. The third-order valence-electron chi connectivity index (χ3n) is 2.83. The number of hydrogen-bond donors (Lipinski definition) is 1. The summed E-state index contributed by atoms with van der Waals surface area (Å²) < 4.78 is 0. The summed E-state index contributed by atoms with van der Waals surface area (Å²) in [5.74, 6) is 0.893. The Morgan fingerprint density at radius 3 is 2.83 bits per heavy atom. The van der Waals surface area contributed by atoms with E-state index in [0.29, 0.717) is 6.04 Å². The fraction of sp³-hybridized carbons (Fsp3) is 0.600. The summed E-state index contributed by atoms with van der Waals surface area (Å²) in [6.07, 6.45) is 4.23. The van der Waals surface area contributed by atoms with Crippen LogP contribution < -0.4 is 5.32 Å². The molecule has 1 fully saturated rings. The molecule has 0 spiro atoms. The minimum Gasteiger partial charge on any atom is -0.313 e. The van der Waals surface area contributed by atoms with Gasteiger partial charge in [0, 0.05) is 6.04 Å². The molecule has 0 aliphatic heterocycles. The zero-order chi connectivity index (χ0) is 8.39. The molecular formula is C10H15NS. The Hall–Kier alpha value is -0.340. The van der Waals surface area contributed by atoms with Gasteiger partial charge in [0.2, 0.25) is 0 Å². The minimum absolute atomic E-state index is 0.616. The predicted molar refractivity (Wildman–Crippen MR) is 53.5 cm³/mol. The van der Waals surface area contributed by atoms with Crippen LogP contribution >= 0.6 is 11.3 Å². The summed E-state index contributed by atoms with van der Waals surface area (Å²) in [6, 6.07) is 2.86. The molecule has 0 amide bonds. The third-order valence-corrected chi connectivity index (χ3v) is 3.54. The molecule has 1 saturated carbocycles. The first-order chi connectivity index (χ1) is 5.92. The average Bonchev–Trinajstić information content (AvgIpc) is 2.47. The first kappa shape index (κ1) is 8.27. The molecule has 1 atom stereocenters. The number of nitrogens with one attached hydrogen (secondary N) is 1. The number of rotatable bonds is 3. The highest BCUT2D eigenvalue weighted by Gasteiger charge is 2.27. The van der Waals surface area contributed by atoms with E-state index in [-0.39, 0.29) is 0 Å². The highest BCUT2D eigenvalue weighted by molar-refractivity contribution is 7.07. The van der Waals surface area contributed by atoms with E-state index in [9.17, 15) is 0 Å². The molecule has 1 aromatic heterocycles. The van der Waals surface area contributed by atoms with E-state index in [1.807, 2.05) is 0 Å². The largest absolute Gasteiger partial charge is 0.313 e. The van der Waals surface area contributed by atoms with Gasteiger partial charge in [0.15, 0.2) is 0 Å². The minimum atomic E-state index is 0.616. The Labute approximate surface area is 77.8 Å². The summed E-state index contributed by atoms with van der Waals surface area (Å²) >= 11 is 1.80. The van der Waals surface area contributed by atoms with Crippen LogP contribution in [-0.2, 0) is 0 Å². The lowest BCUT2D eigenvalue weighted by molar-refractivity contribution is 0.240. The van der Waals surface area contributed by atoms with Gasteiger partial charge in [-0.3, -0.25) is 0 Å². The maximum absolute atomic E-state index is 3.41. The van der Waals surface area contributed by atoms with Gasteiger partial charge in [0.25, 0.3) is 0 Å². The lowest BCUT2D eigenvalue weighted by Gasteiger charge is -2.33. The van der Waals surface area contributed by atoms with Crippen molar-refractivity contribution in [2.75, 3.05) is 7.05 Å². The van der Waals surface area contributed by atoms with Gasteiger partial charge < -0.3 is 5.32 Å². The fourth-order valence-electron chi connectivity index (χ4n) is 1.90. The van der Waals surface area contributed by atoms with Gasteiger partial charge in [0.1, 0.15) is 0 Å². The van der Waals surface area contributed by atoms with E-state index >= 15 is 0 Å². The second-order valence-corrected chi connectivity index (χ2v) is 4.29. The van der Waals surface area contributed by atoms with E-state index in [1.54, 1.807) is 11.3 Å². The van der Waals surface area contributed by atoms with Crippen molar-refractivity contribution in [2.24, 2.45) is 5.92 Å². The lowest BCUT2D eigenvalue weighted by Crippen LogP contribution is -2.29. The zero-order valence-corrected chi connectivity index (χ0v) is 8.23. The van der Waals surface area contributed by atoms with Gasteiger partial charge in [-0.1, -0.05) is 6.42 Å². The Morgan fingerprint density at radius 1 is 1.58 bits per heavy atom. The second-order valence-electron chi connectivity index (χ2n) is 3.51. The van der Waals surface area contributed by atoms with Crippen LogP contribution in [0.25, 0.3) is 0 Å². The predicted octanol–water partition coefficient (Wildman–Crippen LogP) is 2.81. The van der Waals surface area contributed by atoms with Crippen molar-refractivity contribution >= 4 is 11.3 Å². The molecule has 1 heterocycles. The third kappa shape index (κ3) is 1.41. The average molecular weight is 181 g/mol. The van der Waals surface area contributed by atoms with Gasteiger partial charge in [0.05, 0.1) is 0 Å². The molecule has 0 aromatic carbocycles. The van der Waals surface area contributed by atoms with E-state index in [0.717, 1.165) is 5.92 Å². The molecule has 2 heteroatoms. The lowest BCUT2D eigenvalue weighted by atomic mass is 9.78.